The van der Waals surface area contributed by atoms with E-state index in [1.165, 1.54) is 0 Å². The van der Waals surface area contributed by atoms with Crippen LogP contribution in [0, 0.1) is 23.0 Å². The second-order valence-electron chi connectivity index (χ2n) is 3.75. The van der Waals surface area contributed by atoms with Crippen LogP contribution in [0.25, 0.3) is 0 Å². The summed E-state index contributed by atoms with van der Waals surface area (Å²) in [5.74, 6) is -1.66. The molecule has 1 rings (SSSR count). The number of nitrogens with one attached hydrogen (secondary N) is 1. The Kier molecular flexibility index (Phi) is 4.85. The van der Waals surface area contributed by atoms with Gasteiger partial charge in [0.2, 0.25) is 0 Å². The minimum absolute atomic E-state index is 0.0698. The number of nitrogens with zero attached hydrogens (tertiary/aromatic N) is 1. The van der Waals surface area contributed by atoms with Crippen molar-refractivity contribution in [3.63, 3.8) is 0 Å². The minimum atomic E-state index is -0.828. The smallest absolute Gasteiger partial charge is 0.150 e. The molecular formula is C12H14F2N2O. The molecule has 0 aliphatic rings. The first-order chi connectivity index (χ1) is 8.08. The van der Waals surface area contributed by atoms with Gasteiger partial charge in [0.05, 0.1) is 17.7 Å². The summed E-state index contributed by atoms with van der Waals surface area (Å²) in [5, 5.41) is 20.5. The van der Waals surface area contributed by atoms with Crippen molar-refractivity contribution in [1.82, 2.24) is 0 Å². The highest BCUT2D eigenvalue weighted by molar-refractivity contribution is 5.50. The molecule has 1 aromatic rings. The number of aliphatic hydroxyl groups excluding tert-OH is 1. The predicted octanol–water partition coefficient (Wildman–Crippen LogP) is 2.41. The van der Waals surface area contributed by atoms with E-state index in [-0.39, 0.29) is 17.8 Å². The Hall–Kier alpha value is -1.67. The van der Waals surface area contributed by atoms with Crippen molar-refractivity contribution >= 4 is 5.69 Å². The van der Waals surface area contributed by atoms with E-state index in [1.807, 2.05) is 6.92 Å². The molecule has 0 aromatic heterocycles. The van der Waals surface area contributed by atoms with Gasteiger partial charge < -0.3 is 10.4 Å². The van der Waals surface area contributed by atoms with Gasteiger partial charge in [0.15, 0.2) is 11.6 Å². The van der Waals surface area contributed by atoms with Crippen molar-refractivity contribution in [2.24, 2.45) is 0 Å². The second-order valence-corrected chi connectivity index (χ2v) is 3.75. The zero-order valence-corrected chi connectivity index (χ0v) is 9.50. The molecule has 0 aliphatic heterocycles. The lowest BCUT2D eigenvalue weighted by molar-refractivity contribution is 0.176. The van der Waals surface area contributed by atoms with E-state index in [9.17, 15) is 13.9 Å². The predicted molar refractivity (Wildman–Crippen MR) is 60.5 cm³/mol. The highest BCUT2D eigenvalue weighted by Crippen LogP contribution is 2.20. The fraction of sp³-hybridized carbons (Fsp3) is 0.417. The standard InChI is InChI=1S/C12H14F2N2O/c1-2-3-9(17)7-16-12-10(13)4-8(6-15)5-11(12)14/h4-5,9,16-17H,2-3,7H2,1H3/t9-/m1/s1. The molecule has 0 bridgehead atoms. The summed E-state index contributed by atoms with van der Waals surface area (Å²) in [4.78, 5) is 0. The van der Waals surface area contributed by atoms with Crippen LogP contribution in [0.3, 0.4) is 0 Å². The number of halogens is 2. The van der Waals surface area contributed by atoms with Crippen LogP contribution >= 0.6 is 0 Å². The molecule has 0 spiro atoms. The average molecular weight is 240 g/mol. The largest absolute Gasteiger partial charge is 0.391 e. The lowest BCUT2D eigenvalue weighted by atomic mass is 10.2. The van der Waals surface area contributed by atoms with Crippen molar-refractivity contribution in [1.29, 1.82) is 5.26 Å². The molecule has 0 heterocycles. The molecule has 0 saturated carbocycles. The van der Waals surface area contributed by atoms with Crippen LogP contribution in [0.5, 0.6) is 0 Å². The average Bonchev–Trinajstić information content (AvgIpc) is 2.28. The summed E-state index contributed by atoms with van der Waals surface area (Å²) < 4.78 is 26.8. The van der Waals surface area contributed by atoms with Crippen LogP contribution in [0.4, 0.5) is 14.5 Å². The molecule has 0 amide bonds. The Morgan fingerprint density at radius 2 is 2.00 bits per heavy atom. The van der Waals surface area contributed by atoms with E-state index in [4.69, 9.17) is 5.26 Å². The van der Waals surface area contributed by atoms with E-state index >= 15 is 0 Å². The first-order valence-electron chi connectivity index (χ1n) is 5.39. The van der Waals surface area contributed by atoms with Crippen LogP contribution < -0.4 is 5.32 Å². The third-order valence-corrected chi connectivity index (χ3v) is 2.31. The molecule has 0 aliphatic carbocycles. The maximum absolute atomic E-state index is 13.4. The third kappa shape index (κ3) is 3.68. The number of nitriles is 1. The van der Waals surface area contributed by atoms with E-state index in [0.29, 0.717) is 6.42 Å². The van der Waals surface area contributed by atoms with E-state index in [0.717, 1.165) is 18.6 Å². The number of rotatable bonds is 5. The fourth-order valence-electron chi connectivity index (χ4n) is 1.46. The van der Waals surface area contributed by atoms with Crippen molar-refractivity contribution in [3.8, 4) is 6.07 Å². The first kappa shape index (κ1) is 13.4. The maximum Gasteiger partial charge on any atom is 0.150 e. The number of aliphatic hydroxyl groups is 1. The van der Waals surface area contributed by atoms with Crippen LogP contribution in [0.15, 0.2) is 12.1 Å². The summed E-state index contributed by atoms with van der Waals surface area (Å²) >= 11 is 0. The van der Waals surface area contributed by atoms with Gasteiger partial charge >= 0.3 is 0 Å². The normalized spacial score (nSPS) is 11.9. The summed E-state index contributed by atoms with van der Waals surface area (Å²) in [6.45, 7) is 1.99. The SMILES string of the molecule is CCC[C@@H](O)CNc1c(F)cc(C#N)cc1F. The lowest BCUT2D eigenvalue weighted by Crippen LogP contribution is -2.20. The quantitative estimate of drug-likeness (QED) is 0.831. The van der Waals surface area contributed by atoms with Gasteiger partial charge in [-0.1, -0.05) is 13.3 Å². The van der Waals surface area contributed by atoms with Crippen LogP contribution in [-0.2, 0) is 0 Å². The Bertz CT molecular complexity index is 406. The Morgan fingerprint density at radius 1 is 1.41 bits per heavy atom. The Morgan fingerprint density at radius 3 is 2.47 bits per heavy atom. The molecule has 17 heavy (non-hydrogen) atoms. The fourth-order valence-corrected chi connectivity index (χ4v) is 1.46. The highest BCUT2D eigenvalue weighted by atomic mass is 19.1. The zero-order valence-electron chi connectivity index (χ0n) is 9.50. The molecule has 0 radical (unpaired) electrons. The molecule has 2 N–H and O–H groups in total. The summed E-state index contributed by atoms with van der Waals surface area (Å²) in [5.41, 5.74) is -0.376. The van der Waals surface area contributed by atoms with Gasteiger partial charge in [0.1, 0.15) is 5.69 Å². The molecule has 92 valence electrons. The van der Waals surface area contributed by atoms with Crippen molar-refractivity contribution in [2.75, 3.05) is 11.9 Å². The van der Waals surface area contributed by atoms with Crippen LogP contribution in [0.2, 0.25) is 0 Å². The van der Waals surface area contributed by atoms with Crippen LogP contribution in [-0.4, -0.2) is 17.8 Å². The Balaban J connectivity index is 2.75. The third-order valence-electron chi connectivity index (χ3n) is 2.31. The maximum atomic E-state index is 13.4. The highest BCUT2D eigenvalue weighted by Gasteiger charge is 2.12. The van der Waals surface area contributed by atoms with Gasteiger partial charge in [0, 0.05) is 6.54 Å². The molecule has 0 saturated heterocycles. The van der Waals surface area contributed by atoms with Crippen LogP contribution in [0.1, 0.15) is 25.3 Å². The van der Waals surface area contributed by atoms with Crippen molar-refractivity contribution in [2.45, 2.75) is 25.9 Å². The van der Waals surface area contributed by atoms with Gasteiger partial charge in [-0.2, -0.15) is 5.26 Å². The Labute approximate surface area is 98.7 Å². The number of anilines is 1. The number of hydrogen-bond donors (Lipinski definition) is 2. The van der Waals surface area contributed by atoms with Gasteiger partial charge in [-0.3, -0.25) is 0 Å². The van der Waals surface area contributed by atoms with Crippen molar-refractivity contribution < 1.29 is 13.9 Å². The zero-order chi connectivity index (χ0) is 12.8. The van der Waals surface area contributed by atoms with E-state index in [2.05, 4.69) is 5.32 Å². The minimum Gasteiger partial charge on any atom is -0.391 e. The number of benzene rings is 1. The lowest BCUT2D eigenvalue weighted by Gasteiger charge is -2.13. The summed E-state index contributed by atoms with van der Waals surface area (Å²) in [6.07, 6.45) is 0.711. The van der Waals surface area contributed by atoms with E-state index < -0.39 is 17.7 Å². The second kappa shape index (κ2) is 6.16. The summed E-state index contributed by atoms with van der Waals surface area (Å²) in [7, 11) is 0. The van der Waals surface area contributed by atoms with E-state index in [1.54, 1.807) is 6.07 Å². The molecule has 3 nitrogen and oxygen atoms in total. The molecule has 0 unspecified atom stereocenters. The summed E-state index contributed by atoms with van der Waals surface area (Å²) in [6, 6.07) is 3.58. The monoisotopic (exact) mass is 240 g/mol. The molecule has 1 atom stereocenters. The molecule has 1 aromatic carbocycles. The molecule has 5 heteroatoms. The molecular weight excluding hydrogens is 226 g/mol. The van der Waals surface area contributed by atoms with Gasteiger partial charge in [0.25, 0.3) is 0 Å². The van der Waals surface area contributed by atoms with Crippen molar-refractivity contribution in [3.05, 3.63) is 29.3 Å². The van der Waals surface area contributed by atoms with Gasteiger partial charge in [-0.15, -0.1) is 0 Å². The van der Waals surface area contributed by atoms with Gasteiger partial charge in [-0.25, -0.2) is 8.78 Å². The number of hydrogen-bond acceptors (Lipinski definition) is 3. The topological polar surface area (TPSA) is 56.0 Å². The molecule has 0 fully saturated rings. The first-order valence-corrected chi connectivity index (χ1v) is 5.39. The van der Waals surface area contributed by atoms with Gasteiger partial charge in [-0.05, 0) is 18.6 Å².